The molecular weight excluding hydrogens is 419 g/mol. The molecule has 2 aromatic carbocycles. The first-order chi connectivity index (χ1) is 10.4. The van der Waals surface area contributed by atoms with Gasteiger partial charge in [-0.25, -0.2) is 0 Å². The fourth-order valence-corrected chi connectivity index (χ4v) is 3.59. The molecule has 0 aliphatic carbocycles. The Labute approximate surface area is 143 Å². The van der Waals surface area contributed by atoms with Gasteiger partial charge in [0.2, 0.25) is 0 Å². The van der Waals surface area contributed by atoms with E-state index >= 15 is 0 Å². The van der Waals surface area contributed by atoms with Gasteiger partial charge in [0.15, 0.2) is 11.5 Å². The molecule has 2 aromatic rings. The van der Waals surface area contributed by atoms with Crippen LogP contribution < -0.4 is 13.7 Å². The van der Waals surface area contributed by atoms with Crippen LogP contribution >= 0.6 is 22.6 Å². The molecule has 0 heterocycles. The quantitative estimate of drug-likeness (QED) is 0.534. The lowest BCUT2D eigenvalue weighted by Crippen LogP contribution is -2.12. The molecule has 2 rings (SSSR count). The van der Waals surface area contributed by atoms with Crippen LogP contribution in [0.4, 0.5) is 0 Å². The van der Waals surface area contributed by atoms with E-state index in [0.29, 0.717) is 17.1 Å². The molecule has 118 valence electrons. The van der Waals surface area contributed by atoms with E-state index in [1.54, 1.807) is 31.2 Å². The van der Waals surface area contributed by atoms with Crippen molar-refractivity contribution in [1.82, 2.24) is 0 Å². The Bertz CT molecular complexity index is 787. The van der Waals surface area contributed by atoms with Gasteiger partial charge in [0, 0.05) is 9.64 Å². The monoisotopic (exact) mass is 434 g/mol. The lowest BCUT2D eigenvalue weighted by molar-refractivity contribution is 0.353. The van der Waals surface area contributed by atoms with E-state index in [9.17, 15) is 8.42 Å². The molecule has 0 spiro atoms. The first kappa shape index (κ1) is 16.9. The standard InChI is InChI=1S/C15H15IO5S/c1-10-7-13(19-2)14(20-3)9-15(10)22(17,18)21-12-6-4-5-11(16)8-12/h4-9H,1-3H3. The molecule has 5 nitrogen and oxygen atoms in total. The first-order valence-corrected chi connectivity index (χ1v) is 8.79. The molecule has 22 heavy (non-hydrogen) atoms. The average molecular weight is 434 g/mol. The lowest BCUT2D eigenvalue weighted by Gasteiger charge is -2.13. The van der Waals surface area contributed by atoms with Crippen LogP contribution in [0.5, 0.6) is 17.2 Å². The van der Waals surface area contributed by atoms with E-state index in [1.807, 2.05) is 6.07 Å². The summed E-state index contributed by atoms with van der Waals surface area (Å²) in [5.74, 6) is 1.06. The molecule has 7 heteroatoms. The summed E-state index contributed by atoms with van der Waals surface area (Å²) >= 11 is 2.09. The van der Waals surface area contributed by atoms with E-state index < -0.39 is 10.1 Å². The first-order valence-electron chi connectivity index (χ1n) is 6.30. The highest BCUT2D eigenvalue weighted by Crippen LogP contribution is 2.33. The highest BCUT2D eigenvalue weighted by molar-refractivity contribution is 14.1. The molecule has 0 amide bonds. The van der Waals surface area contributed by atoms with Crippen molar-refractivity contribution in [1.29, 1.82) is 0 Å². The second-order valence-electron chi connectivity index (χ2n) is 4.47. The predicted molar refractivity (Wildman–Crippen MR) is 91.3 cm³/mol. The number of hydrogen-bond donors (Lipinski definition) is 0. The number of hydrogen-bond acceptors (Lipinski definition) is 5. The highest BCUT2D eigenvalue weighted by atomic mass is 127. The molecule has 0 aliphatic heterocycles. The molecule has 0 saturated carbocycles. The van der Waals surface area contributed by atoms with Crippen molar-refractivity contribution in [2.45, 2.75) is 11.8 Å². The summed E-state index contributed by atoms with van der Waals surface area (Å²) in [4.78, 5) is 0.0454. The topological polar surface area (TPSA) is 61.8 Å². The van der Waals surface area contributed by atoms with E-state index in [1.165, 1.54) is 20.3 Å². The van der Waals surface area contributed by atoms with Crippen molar-refractivity contribution in [3.05, 3.63) is 45.5 Å². The van der Waals surface area contributed by atoms with Gasteiger partial charge in [-0.15, -0.1) is 0 Å². The van der Waals surface area contributed by atoms with Crippen LogP contribution in [0.15, 0.2) is 41.3 Å². The highest BCUT2D eigenvalue weighted by Gasteiger charge is 2.22. The molecule has 0 radical (unpaired) electrons. The smallest absolute Gasteiger partial charge is 0.339 e. The Balaban J connectivity index is 2.45. The maximum Gasteiger partial charge on any atom is 0.339 e. The van der Waals surface area contributed by atoms with Gasteiger partial charge in [-0.2, -0.15) is 8.42 Å². The van der Waals surface area contributed by atoms with E-state index in [2.05, 4.69) is 22.6 Å². The van der Waals surface area contributed by atoms with Gasteiger partial charge in [-0.3, -0.25) is 0 Å². The maximum atomic E-state index is 12.5. The minimum atomic E-state index is -3.96. The molecule has 0 bridgehead atoms. The largest absolute Gasteiger partial charge is 0.493 e. The molecule has 0 unspecified atom stereocenters. The summed E-state index contributed by atoms with van der Waals surface area (Å²) in [6.45, 7) is 1.67. The van der Waals surface area contributed by atoms with Gasteiger partial charge in [0.1, 0.15) is 10.6 Å². The van der Waals surface area contributed by atoms with Crippen molar-refractivity contribution in [3.63, 3.8) is 0 Å². The zero-order valence-electron chi connectivity index (χ0n) is 12.3. The zero-order valence-corrected chi connectivity index (χ0v) is 15.3. The number of rotatable bonds is 5. The number of aryl methyl sites for hydroxylation is 1. The summed E-state index contributed by atoms with van der Waals surface area (Å²) in [6, 6.07) is 9.82. The summed E-state index contributed by atoms with van der Waals surface area (Å²) in [7, 11) is -1.01. The number of benzene rings is 2. The van der Waals surface area contributed by atoms with Crippen molar-refractivity contribution < 1.29 is 22.1 Å². The second-order valence-corrected chi connectivity index (χ2v) is 7.23. The van der Waals surface area contributed by atoms with Crippen LogP contribution in [-0.4, -0.2) is 22.6 Å². The maximum absolute atomic E-state index is 12.5. The van der Waals surface area contributed by atoms with Gasteiger partial charge in [0.05, 0.1) is 14.2 Å². The summed E-state index contributed by atoms with van der Waals surface area (Å²) in [6.07, 6.45) is 0. The molecule has 0 atom stereocenters. The Morgan fingerprint density at radius 2 is 1.64 bits per heavy atom. The van der Waals surface area contributed by atoms with Crippen molar-refractivity contribution in [2.24, 2.45) is 0 Å². The second kappa shape index (κ2) is 6.74. The van der Waals surface area contributed by atoms with Gasteiger partial charge >= 0.3 is 10.1 Å². The zero-order chi connectivity index (χ0) is 16.3. The fraction of sp³-hybridized carbons (Fsp3) is 0.200. The van der Waals surface area contributed by atoms with Crippen LogP contribution in [0.25, 0.3) is 0 Å². The van der Waals surface area contributed by atoms with Gasteiger partial charge in [-0.05, 0) is 59.3 Å². The van der Waals surface area contributed by atoms with Crippen molar-refractivity contribution in [3.8, 4) is 17.2 Å². The number of ether oxygens (including phenoxy) is 2. The van der Waals surface area contributed by atoms with E-state index in [0.717, 1.165) is 3.57 Å². The van der Waals surface area contributed by atoms with Crippen LogP contribution in [0.3, 0.4) is 0 Å². The van der Waals surface area contributed by atoms with E-state index in [4.69, 9.17) is 13.7 Å². The van der Waals surface area contributed by atoms with Gasteiger partial charge in [-0.1, -0.05) is 6.07 Å². The fourth-order valence-electron chi connectivity index (χ4n) is 1.92. The SMILES string of the molecule is COc1cc(C)c(S(=O)(=O)Oc2cccc(I)c2)cc1OC. The Hall–Kier alpha value is -1.48. The summed E-state index contributed by atoms with van der Waals surface area (Å²) < 4.78 is 41.3. The van der Waals surface area contributed by atoms with E-state index in [-0.39, 0.29) is 10.6 Å². The Morgan fingerprint density at radius 3 is 2.23 bits per heavy atom. The molecule has 0 aromatic heterocycles. The van der Waals surface area contributed by atoms with Crippen molar-refractivity contribution >= 4 is 32.7 Å². The van der Waals surface area contributed by atoms with Crippen LogP contribution in [-0.2, 0) is 10.1 Å². The third-order valence-corrected chi connectivity index (χ3v) is 5.01. The Morgan fingerprint density at radius 1 is 1.00 bits per heavy atom. The summed E-state index contributed by atoms with van der Waals surface area (Å²) in [5.41, 5.74) is 0.517. The Kier molecular flexibility index (Phi) is 5.17. The summed E-state index contributed by atoms with van der Waals surface area (Å²) in [5, 5.41) is 0. The normalized spacial score (nSPS) is 11.1. The molecule has 0 aliphatic rings. The number of methoxy groups -OCH3 is 2. The van der Waals surface area contributed by atoms with Crippen molar-refractivity contribution in [2.75, 3.05) is 14.2 Å². The minimum Gasteiger partial charge on any atom is -0.493 e. The molecule has 0 N–H and O–H groups in total. The molecule has 0 fully saturated rings. The third-order valence-electron chi connectivity index (χ3n) is 2.95. The lowest BCUT2D eigenvalue weighted by atomic mass is 10.2. The third kappa shape index (κ3) is 3.64. The van der Waals surface area contributed by atoms with Gasteiger partial charge in [0.25, 0.3) is 0 Å². The average Bonchev–Trinajstić information content (AvgIpc) is 2.46. The van der Waals surface area contributed by atoms with Crippen LogP contribution in [0.1, 0.15) is 5.56 Å². The van der Waals surface area contributed by atoms with Gasteiger partial charge < -0.3 is 13.7 Å². The predicted octanol–water partition coefficient (Wildman–Crippen LogP) is 3.38. The minimum absolute atomic E-state index is 0.0454. The van der Waals surface area contributed by atoms with Crippen LogP contribution in [0.2, 0.25) is 0 Å². The number of halogens is 1. The molecular formula is C15H15IO5S. The molecule has 0 saturated heterocycles. The van der Waals surface area contributed by atoms with Crippen LogP contribution in [0, 0.1) is 10.5 Å².